The van der Waals surface area contributed by atoms with Crippen LogP contribution in [0.5, 0.6) is 0 Å². The summed E-state index contributed by atoms with van der Waals surface area (Å²) in [5.41, 5.74) is 2.18. The molecule has 0 bridgehead atoms. The minimum Gasteiger partial charge on any atom is -0.336 e. The molecule has 0 aromatic heterocycles. The van der Waals surface area contributed by atoms with Crippen LogP contribution < -0.4 is 0 Å². The Hall–Kier alpha value is -1.39. The number of carbonyl (C=O) groups excluding carboxylic acids is 1. The summed E-state index contributed by atoms with van der Waals surface area (Å²) >= 11 is 0. The number of rotatable bonds is 3. The highest BCUT2D eigenvalue weighted by molar-refractivity contribution is 5.94. The third-order valence-corrected chi connectivity index (χ3v) is 5.93. The largest absolute Gasteiger partial charge is 0.336 e. The highest BCUT2D eigenvalue weighted by atomic mass is 16.2. The number of piperidine rings is 1. The lowest BCUT2D eigenvalue weighted by Gasteiger charge is -2.44. The molecule has 1 aromatic carbocycles. The molecule has 0 N–H and O–H groups in total. The molecule has 1 amide bonds. The summed E-state index contributed by atoms with van der Waals surface area (Å²) < 4.78 is 0. The third-order valence-electron chi connectivity index (χ3n) is 5.93. The second kappa shape index (κ2) is 7.24. The van der Waals surface area contributed by atoms with Crippen LogP contribution in [0.3, 0.4) is 0 Å². The number of hydrogen-bond donors (Lipinski definition) is 0. The van der Waals surface area contributed by atoms with Crippen molar-refractivity contribution in [2.45, 2.75) is 44.7 Å². The van der Waals surface area contributed by atoms with Gasteiger partial charge in [-0.25, -0.2) is 0 Å². The van der Waals surface area contributed by atoms with E-state index in [1.54, 1.807) is 0 Å². The van der Waals surface area contributed by atoms with Gasteiger partial charge in [-0.15, -0.1) is 0 Å². The summed E-state index contributed by atoms with van der Waals surface area (Å²) in [5, 5.41) is 0. The number of fused-ring (bicyclic) bond motifs is 1. The van der Waals surface area contributed by atoms with E-state index < -0.39 is 0 Å². The molecule has 0 spiro atoms. The van der Waals surface area contributed by atoms with Crippen LogP contribution >= 0.6 is 0 Å². The van der Waals surface area contributed by atoms with Gasteiger partial charge in [0.05, 0.1) is 0 Å². The molecular formula is C20H29N3O. The predicted octanol–water partition coefficient (Wildman–Crippen LogP) is 2.59. The molecule has 3 aliphatic rings. The van der Waals surface area contributed by atoms with Crippen LogP contribution in [0, 0.1) is 0 Å². The number of nitrogens with zero attached hydrogens (tertiary/aromatic N) is 3. The minimum atomic E-state index is 0.216. The predicted molar refractivity (Wildman–Crippen MR) is 96.1 cm³/mol. The number of amides is 1. The van der Waals surface area contributed by atoms with Gasteiger partial charge in [-0.3, -0.25) is 14.6 Å². The summed E-state index contributed by atoms with van der Waals surface area (Å²) in [6, 6.07) is 8.93. The van der Waals surface area contributed by atoms with Crippen molar-refractivity contribution in [2.75, 3.05) is 39.3 Å². The zero-order chi connectivity index (χ0) is 16.4. The molecule has 1 aromatic rings. The fourth-order valence-corrected chi connectivity index (χ4v) is 4.47. The monoisotopic (exact) mass is 327 g/mol. The summed E-state index contributed by atoms with van der Waals surface area (Å²) in [6.45, 7) is 7.51. The van der Waals surface area contributed by atoms with Crippen molar-refractivity contribution in [3.8, 4) is 0 Å². The molecule has 0 radical (unpaired) electrons. The fourth-order valence-electron chi connectivity index (χ4n) is 4.47. The number of likely N-dealkylation sites (tertiary alicyclic amines) is 1. The van der Waals surface area contributed by atoms with Gasteiger partial charge in [0.25, 0.3) is 5.91 Å². The number of carbonyl (C=O) groups is 1. The van der Waals surface area contributed by atoms with Crippen LogP contribution in [0.4, 0.5) is 0 Å². The van der Waals surface area contributed by atoms with Gasteiger partial charge in [0.1, 0.15) is 0 Å². The standard InChI is InChI=1S/C20H29N3O/c24-20(23-14-13-22-12-2-1-5-19(22)16-23)18-8-6-17(7-9-18)15-21-10-3-4-11-21/h6-9,19H,1-5,10-16H2/t19-/m0/s1. The highest BCUT2D eigenvalue weighted by Gasteiger charge is 2.31. The van der Waals surface area contributed by atoms with Gasteiger partial charge >= 0.3 is 0 Å². The average molecular weight is 327 g/mol. The van der Waals surface area contributed by atoms with Crippen LogP contribution in [0.1, 0.15) is 48.0 Å². The molecule has 0 saturated carbocycles. The van der Waals surface area contributed by atoms with E-state index in [-0.39, 0.29) is 5.91 Å². The van der Waals surface area contributed by atoms with Crippen LogP contribution in [0.15, 0.2) is 24.3 Å². The lowest BCUT2D eigenvalue weighted by molar-refractivity contribution is 0.0372. The van der Waals surface area contributed by atoms with Crippen molar-refractivity contribution in [3.63, 3.8) is 0 Å². The van der Waals surface area contributed by atoms with E-state index in [4.69, 9.17) is 0 Å². The van der Waals surface area contributed by atoms with Gasteiger partial charge < -0.3 is 4.90 Å². The van der Waals surface area contributed by atoms with Crippen molar-refractivity contribution in [2.24, 2.45) is 0 Å². The molecule has 0 unspecified atom stereocenters. The van der Waals surface area contributed by atoms with E-state index in [0.29, 0.717) is 6.04 Å². The maximum atomic E-state index is 12.8. The Morgan fingerprint density at radius 3 is 2.46 bits per heavy atom. The van der Waals surface area contributed by atoms with Crippen molar-refractivity contribution in [1.29, 1.82) is 0 Å². The van der Waals surface area contributed by atoms with Crippen molar-refractivity contribution in [3.05, 3.63) is 35.4 Å². The number of piperazine rings is 1. The summed E-state index contributed by atoms with van der Waals surface area (Å²) in [5.74, 6) is 0.216. The molecule has 0 aliphatic carbocycles. The zero-order valence-electron chi connectivity index (χ0n) is 14.6. The summed E-state index contributed by atoms with van der Waals surface area (Å²) in [4.78, 5) is 20.0. The molecule has 4 rings (SSSR count). The molecular weight excluding hydrogens is 298 g/mol. The van der Waals surface area contributed by atoms with Crippen LogP contribution in [0.25, 0.3) is 0 Å². The van der Waals surface area contributed by atoms with E-state index >= 15 is 0 Å². The molecule has 3 saturated heterocycles. The van der Waals surface area contributed by atoms with Crippen LogP contribution in [0.2, 0.25) is 0 Å². The van der Waals surface area contributed by atoms with E-state index in [9.17, 15) is 4.79 Å². The summed E-state index contributed by atoms with van der Waals surface area (Å²) in [7, 11) is 0. The Morgan fingerprint density at radius 1 is 0.917 bits per heavy atom. The highest BCUT2D eigenvalue weighted by Crippen LogP contribution is 2.22. The Morgan fingerprint density at radius 2 is 1.67 bits per heavy atom. The Kier molecular flexibility index (Phi) is 4.86. The Balaban J connectivity index is 1.37. The minimum absolute atomic E-state index is 0.216. The van der Waals surface area contributed by atoms with E-state index in [2.05, 4.69) is 26.8 Å². The first-order valence-electron chi connectivity index (χ1n) is 9.64. The molecule has 3 heterocycles. The maximum Gasteiger partial charge on any atom is 0.253 e. The first-order valence-corrected chi connectivity index (χ1v) is 9.64. The summed E-state index contributed by atoms with van der Waals surface area (Å²) in [6.07, 6.45) is 6.53. The van der Waals surface area contributed by atoms with Crippen molar-refractivity contribution >= 4 is 5.91 Å². The number of hydrogen-bond acceptors (Lipinski definition) is 3. The number of benzene rings is 1. The normalized spacial score (nSPS) is 25.7. The second-order valence-electron chi connectivity index (χ2n) is 7.62. The van der Waals surface area contributed by atoms with Gasteiger partial charge in [0.15, 0.2) is 0 Å². The topological polar surface area (TPSA) is 26.8 Å². The quantitative estimate of drug-likeness (QED) is 0.854. The lowest BCUT2D eigenvalue weighted by Crippen LogP contribution is -2.56. The van der Waals surface area contributed by atoms with Gasteiger partial charge in [-0.05, 0) is 63.0 Å². The van der Waals surface area contributed by atoms with E-state index in [1.807, 2.05) is 12.1 Å². The smallest absolute Gasteiger partial charge is 0.253 e. The van der Waals surface area contributed by atoms with Gasteiger partial charge in [-0.1, -0.05) is 18.6 Å². The first-order chi connectivity index (χ1) is 11.8. The molecule has 4 heteroatoms. The van der Waals surface area contributed by atoms with Gasteiger partial charge in [0, 0.05) is 37.8 Å². The van der Waals surface area contributed by atoms with Gasteiger partial charge in [0.2, 0.25) is 0 Å². The van der Waals surface area contributed by atoms with E-state index in [1.165, 1.54) is 57.3 Å². The lowest BCUT2D eigenvalue weighted by atomic mass is 9.99. The molecule has 1 atom stereocenters. The second-order valence-corrected chi connectivity index (χ2v) is 7.62. The average Bonchev–Trinajstić information content (AvgIpc) is 3.14. The van der Waals surface area contributed by atoms with Crippen molar-refractivity contribution in [1.82, 2.24) is 14.7 Å². The SMILES string of the molecule is O=C(c1ccc(CN2CCCC2)cc1)N1CCN2CCCC[C@H]2C1. The van der Waals surface area contributed by atoms with E-state index in [0.717, 1.165) is 31.7 Å². The Labute approximate surface area is 145 Å². The zero-order valence-corrected chi connectivity index (χ0v) is 14.6. The molecule has 24 heavy (non-hydrogen) atoms. The molecule has 4 nitrogen and oxygen atoms in total. The van der Waals surface area contributed by atoms with Crippen LogP contribution in [-0.4, -0.2) is 65.9 Å². The third kappa shape index (κ3) is 3.50. The van der Waals surface area contributed by atoms with Gasteiger partial charge in [-0.2, -0.15) is 0 Å². The molecule has 3 fully saturated rings. The van der Waals surface area contributed by atoms with Crippen molar-refractivity contribution < 1.29 is 4.79 Å². The molecule has 130 valence electrons. The fraction of sp³-hybridized carbons (Fsp3) is 0.650. The van der Waals surface area contributed by atoms with Crippen LogP contribution in [-0.2, 0) is 6.54 Å². The maximum absolute atomic E-state index is 12.8. The Bertz CT molecular complexity index is 565. The first kappa shape index (κ1) is 16.1. The molecule has 3 aliphatic heterocycles.